The van der Waals surface area contributed by atoms with Crippen LogP contribution in [0.3, 0.4) is 0 Å². The number of hydrogen-bond acceptors (Lipinski definition) is 5. The van der Waals surface area contributed by atoms with Crippen molar-refractivity contribution >= 4 is 17.7 Å². The molecule has 1 N–H and O–H groups in total. The molecule has 3 rings (SSSR count). The average Bonchev–Trinajstić information content (AvgIpc) is 3.17. The highest BCUT2D eigenvalue weighted by Gasteiger charge is 2.24. The molecule has 6 nitrogen and oxygen atoms in total. The third-order valence-corrected chi connectivity index (χ3v) is 6.08. The van der Waals surface area contributed by atoms with E-state index in [9.17, 15) is 4.79 Å². The van der Waals surface area contributed by atoms with Gasteiger partial charge in [0, 0.05) is 18.2 Å². The molecule has 2 aromatic rings. The Balaban J connectivity index is 1.79. The van der Waals surface area contributed by atoms with E-state index in [1.54, 1.807) is 7.11 Å². The highest BCUT2D eigenvalue weighted by Crippen LogP contribution is 2.35. The molecule has 1 amide bonds. The van der Waals surface area contributed by atoms with Crippen molar-refractivity contribution in [2.24, 2.45) is 0 Å². The lowest BCUT2D eigenvalue weighted by atomic mass is 9.95. The number of ether oxygens (including phenoxy) is 1. The molecular weight excluding hydrogens is 372 g/mol. The Morgan fingerprint density at radius 3 is 2.64 bits per heavy atom. The van der Waals surface area contributed by atoms with E-state index in [2.05, 4.69) is 27.0 Å². The first-order chi connectivity index (χ1) is 13.7. The number of amides is 1. The summed E-state index contributed by atoms with van der Waals surface area (Å²) in [4.78, 5) is 12.1. The van der Waals surface area contributed by atoms with E-state index in [-0.39, 0.29) is 5.91 Å². The maximum Gasteiger partial charge on any atom is 0.230 e. The zero-order chi connectivity index (χ0) is 19.8. The highest BCUT2D eigenvalue weighted by molar-refractivity contribution is 7.99. The van der Waals surface area contributed by atoms with E-state index >= 15 is 0 Å². The summed E-state index contributed by atoms with van der Waals surface area (Å²) in [5.74, 6) is 2.13. The first-order valence-corrected chi connectivity index (χ1v) is 11.2. The zero-order valence-electron chi connectivity index (χ0n) is 16.8. The number of aromatic nitrogens is 3. The predicted molar refractivity (Wildman–Crippen MR) is 113 cm³/mol. The smallest absolute Gasteiger partial charge is 0.230 e. The van der Waals surface area contributed by atoms with E-state index in [1.165, 1.54) is 31.0 Å². The van der Waals surface area contributed by atoms with Crippen molar-refractivity contribution < 1.29 is 9.53 Å². The van der Waals surface area contributed by atoms with Crippen molar-refractivity contribution in [3.05, 3.63) is 24.3 Å². The molecule has 0 aliphatic heterocycles. The van der Waals surface area contributed by atoms with Gasteiger partial charge in [-0.1, -0.05) is 44.4 Å². The SMILES string of the molecule is CCCCNC(=O)CSc1nnc(-c2ccc(OC)cc2)n1C1CCCCC1. The summed E-state index contributed by atoms with van der Waals surface area (Å²) in [6.07, 6.45) is 8.11. The molecule has 1 aromatic carbocycles. The van der Waals surface area contributed by atoms with Crippen LogP contribution in [-0.4, -0.2) is 40.1 Å². The Kier molecular flexibility index (Phi) is 7.77. The van der Waals surface area contributed by atoms with Gasteiger partial charge in [-0.3, -0.25) is 9.36 Å². The van der Waals surface area contributed by atoms with Gasteiger partial charge in [0.05, 0.1) is 12.9 Å². The van der Waals surface area contributed by atoms with Gasteiger partial charge in [-0.25, -0.2) is 0 Å². The number of unbranched alkanes of at least 4 members (excludes halogenated alkanes) is 1. The number of thioether (sulfide) groups is 1. The summed E-state index contributed by atoms with van der Waals surface area (Å²) in [6, 6.07) is 8.33. The molecule has 0 unspecified atom stereocenters. The molecule has 1 aliphatic carbocycles. The lowest BCUT2D eigenvalue weighted by molar-refractivity contribution is -0.118. The van der Waals surface area contributed by atoms with Gasteiger partial charge in [-0.2, -0.15) is 0 Å². The van der Waals surface area contributed by atoms with E-state index in [4.69, 9.17) is 4.74 Å². The van der Waals surface area contributed by atoms with Crippen LogP contribution in [0.15, 0.2) is 29.4 Å². The number of carbonyl (C=O) groups is 1. The Labute approximate surface area is 171 Å². The highest BCUT2D eigenvalue weighted by atomic mass is 32.2. The van der Waals surface area contributed by atoms with Crippen molar-refractivity contribution in [2.45, 2.75) is 63.1 Å². The molecule has 1 aromatic heterocycles. The molecule has 1 heterocycles. The molecule has 7 heteroatoms. The molecule has 0 atom stereocenters. The van der Waals surface area contributed by atoms with Crippen LogP contribution < -0.4 is 10.1 Å². The summed E-state index contributed by atoms with van der Waals surface area (Å²) < 4.78 is 7.53. The summed E-state index contributed by atoms with van der Waals surface area (Å²) in [6.45, 7) is 2.86. The quantitative estimate of drug-likeness (QED) is 0.495. The van der Waals surface area contributed by atoms with E-state index in [1.807, 2.05) is 24.3 Å². The van der Waals surface area contributed by atoms with Gasteiger partial charge in [0.15, 0.2) is 11.0 Å². The molecular formula is C21H30N4O2S. The molecule has 152 valence electrons. The zero-order valence-corrected chi connectivity index (χ0v) is 17.6. The van der Waals surface area contributed by atoms with Crippen molar-refractivity contribution in [3.63, 3.8) is 0 Å². The van der Waals surface area contributed by atoms with Gasteiger partial charge in [-0.05, 0) is 43.5 Å². The van der Waals surface area contributed by atoms with Gasteiger partial charge >= 0.3 is 0 Å². The number of methoxy groups -OCH3 is 1. The largest absolute Gasteiger partial charge is 0.497 e. The lowest BCUT2D eigenvalue weighted by Gasteiger charge is -2.25. The monoisotopic (exact) mass is 402 g/mol. The third kappa shape index (κ3) is 5.28. The standard InChI is InChI=1S/C21H30N4O2S/c1-3-4-14-22-19(26)15-28-21-24-23-20(16-10-12-18(27-2)13-11-16)25(21)17-8-6-5-7-9-17/h10-13,17H,3-9,14-15H2,1-2H3,(H,22,26). The van der Waals surface area contributed by atoms with Crippen molar-refractivity contribution in [1.82, 2.24) is 20.1 Å². The average molecular weight is 403 g/mol. The van der Waals surface area contributed by atoms with E-state index in [0.29, 0.717) is 11.8 Å². The molecule has 1 saturated carbocycles. The number of carbonyl (C=O) groups excluding carboxylic acids is 1. The third-order valence-electron chi connectivity index (χ3n) is 5.14. The molecule has 0 spiro atoms. The molecule has 0 saturated heterocycles. The number of benzene rings is 1. The summed E-state index contributed by atoms with van der Waals surface area (Å²) in [7, 11) is 1.67. The Morgan fingerprint density at radius 1 is 1.21 bits per heavy atom. The van der Waals surface area contributed by atoms with E-state index in [0.717, 1.165) is 54.5 Å². The summed E-state index contributed by atoms with van der Waals surface area (Å²) in [5, 5.41) is 12.7. The topological polar surface area (TPSA) is 69.0 Å². The van der Waals surface area contributed by atoms with Gasteiger partial charge in [0.1, 0.15) is 5.75 Å². The summed E-state index contributed by atoms with van der Waals surface area (Å²) >= 11 is 1.48. The Hall–Kier alpha value is -2.02. The van der Waals surface area contributed by atoms with Crippen LogP contribution >= 0.6 is 11.8 Å². The fraction of sp³-hybridized carbons (Fsp3) is 0.571. The Morgan fingerprint density at radius 2 is 1.96 bits per heavy atom. The van der Waals surface area contributed by atoms with Crippen molar-refractivity contribution in [3.8, 4) is 17.1 Å². The first-order valence-electron chi connectivity index (χ1n) is 10.2. The lowest BCUT2D eigenvalue weighted by Crippen LogP contribution is -2.26. The van der Waals surface area contributed by atoms with Gasteiger partial charge in [-0.15, -0.1) is 10.2 Å². The first kappa shape index (κ1) is 20.7. The van der Waals surface area contributed by atoms with Crippen LogP contribution in [0.2, 0.25) is 0 Å². The normalized spacial score (nSPS) is 14.8. The number of hydrogen-bond donors (Lipinski definition) is 1. The molecule has 28 heavy (non-hydrogen) atoms. The van der Waals surface area contributed by atoms with Gasteiger partial charge in [0.2, 0.25) is 5.91 Å². The van der Waals surface area contributed by atoms with Gasteiger partial charge in [0.25, 0.3) is 0 Å². The second-order valence-electron chi connectivity index (χ2n) is 7.19. The minimum absolute atomic E-state index is 0.0580. The van der Waals surface area contributed by atoms with E-state index < -0.39 is 0 Å². The molecule has 0 radical (unpaired) electrons. The number of rotatable bonds is 9. The fourth-order valence-corrected chi connectivity index (χ4v) is 4.40. The second-order valence-corrected chi connectivity index (χ2v) is 8.13. The van der Waals surface area contributed by atoms with Crippen LogP contribution in [0.1, 0.15) is 57.9 Å². The minimum atomic E-state index is 0.0580. The maximum atomic E-state index is 12.1. The predicted octanol–water partition coefficient (Wildman–Crippen LogP) is 4.47. The minimum Gasteiger partial charge on any atom is -0.497 e. The fourth-order valence-electron chi connectivity index (χ4n) is 3.57. The number of nitrogens with one attached hydrogen (secondary N) is 1. The maximum absolute atomic E-state index is 12.1. The van der Waals surface area contributed by atoms with Crippen LogP contribution in [0.25, 0.3) is 11.4 Å². The van der Waals surface area contributed by atoms with Crippen LogP contribution in [0.4, 0.5) is 0 Å². The van der Waals surface area contributed by atoms with Gasteiger partial charge < -0.3 is 10.1 Å². The Bertz CT molecular complexity index is 754. The van der Waals surface area contributed by atoms with Crippen LogP contribution in [-0.2, 0) is 4.79 Å². The van der Waals surface area contributed by atoms with Crippen LogP contribution in [0.5, 0.6) is 5.75 Å². The van der Waals surface area contributed by atoms with Crippen molar-refractivity contribution in [1.29, 1.82) is 0 Å². The molecule has 0 bridgehead atoms. The second kappa shape index (κ2) is 10.5. The molecule has 1 aliphatic rings. The number of nitrogens with zero attached hydrogens (tertiary/aromatic N) is 3. The van der Waals surface area contributed by atoms with Crippen LogP contribution in [0, 0.1) is 0 Å². The summed E-state index contributed by atoms with van der Waals surface area (Å²) in [5.41, 5.74) is 1.03. The molecule has 1 fully saturated rings. The van der Waals surface area contributed by atoms with Crippen molar-refractivity contribution in [2.75, 3.05) is 19.4 Å².